The number of para-hydroxylation sites is 4. The van der Waals surface area contributed by atoms with Crippen LogP contribution in [0.1, 0.15) is 48.2 Å². The average Bonchev–Trinajstić information content (AvgIpc) is 3.71. The summed E-state index contributed by atoms with van der Waals surface area (Å²) in [5.74, 6) is 2.09. The van der Waals surface area contributed by atoms with Crippen LogP contribution in [0.2, 0.25) is 0 Å². The fraction of sp³-hybridized carbons (Fsp3) is 0.163. The zero-order valence-corrected chi connectivity index (χ0v) is 30.8. The molecule has 0 aliphatic carbocycles. The van der Waals surface area contributed by atoms with E-state index in [0.29, 0.717) is 11.5 Å². The number of hydrogen-bond donors (Lipinski definition) is 0. The average molecular weight is 833 g/mol. The summed E-state index contributed by atoms with van der Waals surface area (Å²) in [7, 11) is 2.00. The second-order valence-electron chi connectivity index (χ2n) is 13.1. The van der Waals surface area contributed by atoms with Gasteiger partial charge in [0.05, 0.1) is 30.2 Å². The van der Waals surface area contributed by atoms with Gasteiger partial charge < -0.3 is 23.3 Å². The molecule has 0 fully saturated rings. The summed E-state index contributed by atoms with van der Waals surface area (Å²) in [6, 6.07) is 43.1. The second kappa shape index (κ2) is 12.3. The van der Waals surface area contributed by atoms with Crippen molar-refractivity contribution in [3.8, 4) is 23.0 Å². The van der Waals surface area contributed by atoms with E-state index in [2.05, 4.69) is 129 Å². The first-order valence-corrected chi connectivity index (χ1v) is 16.8. The van der Waals surface area contributed by atoms with Crippen LogP contribution in [0.25, 0.3) is 44.3 Å². The first-order chi connectivity index (χ1) is 23.9. The Bertz CT molecular complexity index is 2560. The van der Waals surface area contributed by atoms with Gasteiger partial charge in [-0.15, -0.1) is 29.7 Å². The Morgan fingerprint density at radius 2 is 1.42 bits per heavy atom. The molecule has 7 heteroatoms. The number of hydrogen-bond acceptors (Lipinski definition) is 3. The van der Waals surface area contributed by atoms with Crippen LogP contribution in [0.4, 0.5) is 5.69 Å². The van der Waals surface area contributed by atoms with E-state index < -0.39 is 0 Å². The molecule has 0 radical (unpaired) electrons. The smallest absolute Gasteiger partial charge is 0.242 e. The first-order valence-electron chi connectivity index (χ1n) is 16.8. The maximum Gasteiger partial charge on any atom is 0.242 e. The Kier molecular flexibility index (Phi) is 7.88. The Labute approximate surface area is 306 Å². The van der Waals surface area contributed by atoms with Crippen molar-refractivity contribution >= 4 is 38.5 Å². The molecule has 0 N–H and O–H groups in total. The molecule has 0 amide bonds. The third kappa shape index (κ3) is 4.96. The minimum Gasteiger partial charge on any atom is -0.510 e. The molecule has 8 aromatic rings. The van der Waals surface area contributed by atoms with Crippen LogP contribution in [0, 0.1) is 32.3 Å². The molecule has 4 heterocycles. The van der Waals surface area contributed by atoms with Crippen molar-refractivity contribution in [2.75, 3.05) is 4.90 Å². The van der Waals surface area contributed by atoms with E-state index in [1.165, 1.54) is 27.9 Å². The molecule has 5 aromatic carbocycles. The number of pyridine rings is 1. The molecule has 0 saturated carbocycles. The molecule has 0 saturated heterocycles. The largest absolute Gasteiger partial charge is 0.510 e. The van der Waals surface area contributed by atoms with Crippen molar-refractivity contribution in [2.45, 2.75) is 39.8 Å². The van der Waals surface area contributed by atoms with Crippen molar-refractivity contribution in [3.63, 3.8) is 0 Å². The molecular formula is C43H35N5OPt-2. The van der Waals surface area contributed by atoms with Crippen LogP contribution in [-0.2, 0) is 28.1 Å². The zero-order valence-electron chi connectivity index (χ0n) is 28.5. The molecule has 9 rings (SSSR count). The zero-order chi connectivity index (χ0) is 33.4. The monoisotopic (exact) mass is 832 g/mol. The number of nitrogens with zero attached hydrogens (tertiary/aromatic N) is 5. The van der Waals surface area contributed by atoms with Crippen LogP contribution in [0.15, 0.2) is 109 Å². The van der Waals surface area contributed by atoms with E-state index in [0.717, 1.165) is 44.3 Å². The second-order valence-corrected chi connectivity index (χ2v) is 13.1. The van der Waals surface area contributed by atoms with Gasteiger partial charge in [0.15, 0.2) is 0 Å². The molecule has 6 nitrogen and oxygen atoms in total. The van der Waals surface area contributed by atoms with Crippen LogP contribution in [-0.4, -0.2) is 14.1 Å². The van der Waals surface area contributed by atoms with Gasteiger partial charge in [0, 0.05) is 50.0 Å². The third-order valence-corrected chi connectivity index (χ3v) is 10.1. The third-order valence-electron chi connectivity index (χ3n) is 10.1. The minimum absolute atomic E-state index is 0. The van der Waals surface area contributed by atoms with Crippen molar-refractivity contribution in [1.82, 2.24) is 14.1 Å². The van der Waals surface area contributed by atoms with Gasteiger partial charge in [-0.1, -0.05) is 71.9 Å². The topological polar surface area (TPSA) is 39.1 Å². The number of aryl methyl sites for hydroxylation is 3. The molecule has 1 aliphatic rings. The summed E-state index contributed by atoms with van der Waals surface area (Å²) in [5.41, 5.74) is 11.5. The van der Waals surface area contributed by atoms with Crippen molar-refractivity contribution in [1.29, 1.82) is 0 Å². The molecule has 0 bridgehead atoms. The van der Waals surface area contributed by atoms with E-state index in [9.17, 15) is 0 Å². The number of imidazole rings is 1. The van der Waals surface area contributed by atoms with Gasteiger partial charge in [0.1, 0.15) is 5.82 Å². The van der Waals surface area contributed by atoms with Crippen LogP contribution in [0.3, 0.4) is 0 Å². The summed E-state index contributed by atoms with van der Waals surface area (Å²) >= 11 is 0. The van der Waals surface area contributed by atoms with Gasteiger partial charge in [-0.05, 0) is 67.5 Å². The van der Waals surface area contributed by atoms with Crippen molar-refractivity contribution in [3.05, 3.63) is 150 Å². The SMILES string of the molecule is Cc1cccc(C)c1N1C(C)c2cnc(-n3c4[c-]c(Oc5[c-]c(-n6[c-][n+](C)c7ccccc76)ccc5)ccc4c4ccccc43)cc2C1C.[Pt]. The fourth-order valence-corrected chi connectivity index (χ4v) is 7.83. The van der Waals surface area contributed by atoms with Crippen molar-refractivity contribution < 1.29 is 30.4 Å². The predicted octanol–water partition coefficient (Wildman–Crippen LogP) is 9.40. The number of fused-ring (bicyclic) bond motifs is 5. The Balaban J connectivity index is 0.00000361. The van der Waals surface area contributed by atoms with Gasteiger partial charge in [0.2, 0.25) is 6.33 Å². The minimum atomic E-state index is 0. The number of anilines is 1. The summed E-state index contributed by atoms with van der Waals surface area (Å²) in [5, 5.41) is 2.25. The number of rotatable bonds is 5. The number of ether oxygens (including phenoxy) is 1. The van der Waals surface area contributed by atoms with Crippen LogP contribution < -0.4 is 14.2 Å². The van der Waals surface area contributed by atoms with E-state index >= 15 is 0 Å². The predicted molar refractivity (Wildman–Crippen MR) is 195 cm³/mol. The number of benzene rings is 5. The van der Waals surface area contributed by atoms with E-state index in [1.54, 1.807) is 0 Å². The first kappa shape index (κ1) is 32.0. The molecule has 2 atom stereocenters. The maximum absolute atomic E-state index is 6.46. The maximum atomic E-state index is 6.46. The van der Waals surface area contributed by atoms with Crippen LogP contribution in [0.5, 0.6) is 11.5 Å². The van der Waals surface area contributed by atoms with Gasteiger partial charge in [0.25, 0.3) is 0 Å². The van der Waals surface area contributed by atoms with E-state index in [-0.39, 0.29) is 33.1 Å². The van der Waals surface area contributed by atoms with E-state index in [1.807, 2.05) is 52.6 Å². The van der Waals surface area contributed by atoms with Crippen molar-refractivity contribution in [2.24, 2.45) is 7.05 Å². The summed E-state index contributed by atoms with van der Waals surface area (Å²) in [4.78, 5) is 7.64. The molecule has 3 aromatic heterocycles. The molecule has 1 aliphatic heterocycles. The Hall–Kier alpha value is -5.19. The molecular weight excluding hydrogens is 798 g/mol. The van der Waals surface area contributed by atoms with Gasteiger partial charge in [-0.25, -0.2) is 4.98 Å². The van der Waals surface area contributed by atoms with Gasteiger partial charge >= 0.3 is 0 Å². The van der Waals surface area contributed by atoms with Gasteiger partial charge in [-0.3, -0.25) is 0 Å². The summed E-state index contributed by atoms with van der Waals surface area (Å²) in [6.07, 6.45) is 5.46. The Morgan fingerprint density at radius 3 is 2.24 bits per heavy atom. The number of aromatic nitrogens is 4. The van der Waals surface area contributed by atoms with Gasteiger partial charge in [-0.2, -0.15) is 18.2 Å². The quantitative estimate of drug-likeness (QED) is 0.128. The molecule has 2 unspecified atom stereocenters. The standard InChI is InChI=1S/C43H35N5O.Pt/c1-27-12-10-13-28(2)43(27)47-29(3)36-24-42(44-25-37(36)30(47)4)48-38-17-7-6-16-34(38)35-21-20-33(23-41(35)48)49-32-15-11-14-31(22-32)46-26-45(5)39-18-8-9-19-40(39)46;/h6-21,24-25,29-30H,1-5H3;/q-2;. The molecule has 50 heavy (non-hydrogen) atoms. The summed E-state index contributed by atoms with van der Waals surface area (Å²) in [6.45, 7) is 9.00. The summed E-state index contributed by atoms with van der Waals surface area (Å²) < 4.78 is 12.7. The fourth-order valence-electron chi connectivity index (χ4n) is 7.83. The van der Waals surface area contributed by atoms with Crippen LogP contribution >= 0.6 is 0 Å². The Morgan fingerprint density at radius 1 is 0.720 bits per heavy atom. The normalized spacial score (nSPS) is 15.5. The molecule has 250 valence electrons. The molecule has 0 spiro atoms. The van der Waals surface area contributed by atoms with E-state index in [4.69, 9.17) is 9.72 Å².